The van der Waals surface area contributed by atoms with Crippen molar-refractivity contribution in [3.05, 3.63) is 65.7 Å². The largest absolute Gasteiger partial charge is 0.237 e. The Balaban J connectivity index is 2.41. The molecule has 0 fully saturated rings. The van der Waals surface area contributed by atoms with Crippen LogP contribution in [0.1, 0.15) is 11.1 Å². The van der Waals surface area contributed by atoms with Crippen molar-refractivity contribution < 1.29 is 8.42 Å². The summed E-state index contributed by atoms with van der Waals surface area (Å²) < 4.78 is 23.1. The molecule has 0 amide bonds. The number of benzene rings is 2. The van der Waals surface area contributed by atoms with Gasteiger partial charge >= 0.3 is 0 Å². The maximum Gasteiger partial charge on any atom is 0.237 e. The van der Waals surface area contributed by atoms with E-state index in [4.69, 9.17) is 0 Å². The Morgan fingerprint density at radius 1 is 0.882 bits per heavy atom. The lowest BCUT2D eigenvalue weighted by Gasteiger charge is -2.06. The van der Waals surface area contributed by atoms with Gasteiger partial charge < -0.3 is 0 Å². The van der Waals surface area contributed by atoms with Crippen molar-refractivity contribution in [2.45, 2.75) is 11.3 Å². The fraction of sp³-hybridized carbons (Fsp3) is 0.0769. The molecule has 0 saturated heterocycles. The van der Waals surface area contributed by atoms with E-state index in [0.29, 0.717) is 11.3 Å². The van der Waals surface area contributed by atoms with Gasteiger partial charge in [0.05, 0.1) is 19.7 Å². The van der Waals surface area contributed by atoms with Crippen molar-refractivity contribution >= 4 is 23.1 Å². The second-order valence-electron chi connectivity index (χ2n) is 3.71. The Bertz CT molecular complexity index is 606. The second-order valence-corrected chi connectivity index (χ2v) is 7.58. The molecule has 4 heteroatoms. The summed E-state index contributed by atoms with van der Waals surface area (Å²) in [6.07, 6.45) is 0.613. The monoisotopic (exact) mass is 310 g/mol. The van der Waals surface area contributed by atoms with E-state index in [-0.39, 0.29) is 0 Å². The first-order chi connectivity index (χ1) is 8.07. The molecule has 0 heterocycles. The summed E-state index contributed by atoms with van der Waals surface area (Å²) in [7, 11) is -3.34. The Labute approximate surface area is 108 Å². The van der Waals surface area contributed by atoms with Crippen molar-refractivity contribution in [2.75, 3.05) is 0 Å². The Kier molecular flexibility index (Phi) is 3.64. The predicted molar refractivity (Wildman–Crippen MR) is 71.8 cm³/mol. The quantitative estimate of drug-likeness (QED) is 0.815. The molecule has 2 aromatic rings. The molecule has 0 N–H and O–H groups in total. The molecule has 2 aromatic carbocycles. The first kappa shape index (κ1) is 12.3. The van der Waals surface area contributed by atoms with Gasteiger partial charge in [-0.15, -0.1) is 0 Å². The summed E-state index contributed by atoms with van der Waals surface area (Å²) in [5.74, 6) is 0. The minimum atomic E-state index is -3.34. The maximum absolute atomic E-state index is 11.6. The molecular weight excluding hydrogens is 300 g/mol. The van der Waals surface area contributed by atoms with E-state index in [1.54, 1.807) is 12.1 Å². The van der Waals surface area contributed by atoms with Crippen LogP contribution in [0.15, 0.2) is 59.5 Å². The third-order valence-corrected chi connectivity index (χ3v) is 4.44. The van der Waals surface area contributed by atoms with E-state index in [9.17, 15) is 8.42 Å². The smallest absolute Gasteiger partial charge is 0.212 e. The zero-order valence-corrected chi connectivity index (χ0v) is 11.4. The van der Waals surface area contributed by atoms with Gasteiger partial charge in [0.25, 0.3) is 0 Å². The molecule has 88 valence electrons. The fourth-order valence-electron chi connectivity index (χ4n) is 1.70. The van der Waals surface area contributed by atoms with Gasteiger partial charge in [0.1, 0.15) is 0 Å². The maximum atomic E-state index is 11.6. The highest BCUT2D eigenvalue weighted by molar-refractivity contribution is 9.47. The molecule has 0 atom stereocenters. The summed E-state index contributed by atoms with van der Waals surface area (Å²) >= 11 is 2.72. The second kappa shape index (κ2) is 5.02. The van der Waals surface area contributed by atoms with Crippen LogP contribution < -0.4 is 0 Å². The van der Waals surface area contributed by atoms with E-state index < -0.39 is 8.27 Å². The van der Waals surface area contributed by atoms with E-state index >= 15 is 0 Å². The molecule has 0 unspecified atom stereocenters. The van der Waals surface area contributed by atoms with Gasteiger partial charge in [0.15, 0.2) is 0 Å². The molecule has 0 saturated carbocycles. The zero-order chi connectivity index (χ0) is 12.3. The Morgan fingerprint density at radius 3 is 2.12 bits per heavy atom. The van der Waals surface area contributed by atoms with Crippen LogP contribution in [0.2, 0.25) is 0 Å². The molecule has 0 aliphatic heterocycles. The zero-order valence-electron chi connectivity index (χ0n) is 9.01. The highest BCUT2D eigenvalue weighted by atomic mass is 79.9. The van der Waals surface area contributed by atoms with Crippen molar-refractivity contribution in [1.82, 2.24) is 0 Å². The van der Waals surface area contributed by atoms with Crippen molar-refractivity contribution in [3.8, 4) is 0 Å². The average Bonchev–Trinajstić information content (AvgIpc) is 2.30. The van der Waals surface area contributed by atoms with Gasteiger partial charge in [0.2, 0.25) is 8.27 Å². The van der Waals surface area contributed by atoms with Gasteiger partial charge in [-0.3, -0.25) is 0 Å². The van der Waals surface area contributed by atoms with Gasteiger partial charge in [-0.25, -0.2) is 8.42 Å². The van der Waals surface area contributed by atoms with Crippen LogP contribution in [0.25, 0.3) is 0 Å². The number of hydrogen-bond acceptors (Lipinski definition) is 2. The van der Waals surface area contributed by atoms with E-state index in [0.717, 1.165) is 11.1 Å². The lowest BCUT2D eigenvalue weighted by atomic mass is 10.1. The summed E-state index contributed by atoms with van der Waals surface area (Å²) in [4.78, 5) is 0.337. The van der Waals surface area contributed by atoms with Gasteiger partial charge in [0, 0.05) is 0 Å². The first-order valence-electron chi connectivity index (χ1n) is 5.14. The van der Waals surface area contributed by atoms with Crippen molar-refractivity contribution in [1.29, 1.82) is 0 Å². The van der Waals surface area contributed by atoms with Crippen LogP contribution in [0.4, 0.5) is 0 Å². The minimum absolute atomic E-state index is 0.337. The van der Waals surface area contributed by atoms with Gasteiger partial charge in [-0.1, -0.05) is 48.5 Å². The number of rotatable bonds is 3. The van der Waals surface area contributed by atoms with Gasteiger partial charge in [-0.2, -0.15) is 0 Å². The standard InChI is InChI=1S/C13H11BrO2S/c14-17(15,16)13-9-5-4-8-12(13)10-11-6-2-1-3-7-11/h1-9H,10H2. The van der Waals surface area contributed by atoms with E-state index in [1.807, 2.05) is 42.5 Å². The Hall–Kier alpha value is -1.13. The lowest BCUT2D eigenvalue weighted by Crippen LogP contribution is -1.98. The van der Waals surface area contributed by atoms with E-state index in [2.05, 4.69) is 14.8 Å². The van der Waals surface area contributed by atoms with Crippen molar-refractivity contribution in [2.24, 2.45) is 0 Å². The molecule has 0 aliphatic carbocycles. The first-order valence-corrected chi connectivity index (χ1v) is 8.46. The number of hydrogen-bond donors (Lipinski definition) is 0. The minimum Gasteiger partial charge on any atom is -0.212 e. The molecule has 2 rings (SSSR count). The van der Waals surface area contributed by atoms with Gasteiger partial charge in [-0.05, 0) is 23.6 Å². The van der Waals surface area contributed by atoms with E-state index in [1.165, 1.54) is 0 Å². The summed E-state index contributed by atoms with van der Waals surface area (Å²) in [5.41, 5.74) is 1.90. The molecule has 17 heavy (non-hydrogen) atoms. The predicted octanol–water partition coefficient (Wildman–Crippen LogP) is 3.36. The highest BCUT2D eigenvalue weighted by Crippen LogP contribution is 2.23. The third-order valence-electron chi connectivity index (χ3n) is 2.47. The molecule has 0 bridgehead atoms. The average molecular weight is 311 g/mol. The SMILES string of the molecule is O=S(=O)(Br)c1ccccc1Cc1ccccc1. The normalized spacial score (nSPS) is 11.4. The van der Waals surface area contributed by atoms with Crippen LogP contribution in [-0.2, 0) is 14.7 Å². The molecule has 0 aliphatic rings. The fourth-order valence-corrected chi connectivity index (χ4v) is 3.35. The molecular formula is C13H11BrO2S. The summed E-state index contributed by atoms with van der Waals surface area (Å²) in [6.45, 7) is 0. The molecule has 0 spiro atoms. The summed E-state index contributed by atoms with van der Waals surface area (Å²) in [5, 5.41) is 0. The highest BCUT2D eigenvalue weighted by Gasteiger charge is 2.14. The molecule has 0 aromatic heterocycles. The van der Waals surface area contributed by atoms with Crippen LogP contribution in [0.3, 0.4) is 0 Å². The molecule has 2 nitrogen and oxygen atoms in total. The van der Waals surface area contributed by atoms with Crippen molar-refractivity contribution in [3.63, 3.8) is 0 Å². The lowest BCUT2D eigenvalue weighted by molar-refractivity contribution is 0.610. The van der Waals surface area contributed by atoms with Crippen LogP contribution in [0.5, 0.6) is 0 Å². The van der Waals surface area contributed by atoms with Crippen LogP contribution in [0, 0.1) is 0 Å². The van der Waals surface area contributed by atoms with Crippen LogP contribution in [-0.4, -0.2) is 8.42 Å². The van der Waals surface area contributed by atoms with Crippen LogP contribution >= 0.6 is 14.8 Å². The number of halogens is 1. The summed E-state index contributed by atoms with van der Waals surface area (Å²) in [6, 6.07) is 16.8. The molecule has 0 radical (unpaired) electrons. The third kappa shape index (κ3) is 3.17. The topological polar surface area (TPSA) is 34.1 Å². The Morgan fingerprint density at radius 2 is 1.47 bits per heavy atom.